The molecule has 0 amide bonds. The second-order valence-electron chi connectivity index (χ2n) is 6.68. The van der Waals surface area contributed by atoms with Crippen LogP contribution >= 0.6 is 0 Å². The summed E-state index contributed by atoms with van der Waals surface area (Å²) in [6, 6.07) is 2.48. The van der Waals surface area contributed by atoms with E-state index in [1.807, 2.05) is 9.47 Å². The number of methoxy groups -OCH3 is 1. The predicted octanol–water partition coefficient (Wildman–Crippen LogP) is 2.21. The first-order valence-electron chi connectivity index (χ1n) is 9.15. The molecule has 0 N–H and O–H groups in total. The smallest absolute Gasteiger partial charge is 0.383 e. The fourth-order valence-electron chi connectivity index (χ4n) is 3.34. The molecule has 0 saturated carbocycles. The number of hydrogen-bond donors (Lipinski definition) is 0. The van der Waals surface area contributed by atoms with Crippen molar-refractivity contribution in [3.8, 4) is 0 Å². The summed E-state index contributed by atoms with van der Waals surface area (Å²) in [5.41, 5.74) is 0.732. The average molecular weight is 407 g/mol. The number of aromatic nitrogens is 5. The van der Waals surface area contributed by atoms with Gasteiger partial charge in [0, 0.05) is 46.0 Å². The van der Waals surface area contributed by atoms with Crippen molar-refractivity contribution in [1.82, 2.24) is 24.5 Å². The number of rotatable bonds is 5. The molecule has 1 aliphatic rings. The van der Waals surface area contributed by atoms with Gasteiger partial charge in [-0.2, -0.15) is 13.2 Å². The number of halogens is 3. The zero-order chi connectivity index (χ0) is 20.4. The summed E-state index contributed by atoms with van der Waals surface area (Å²) >= 11 is 0. The maximum absolute atomic E-state index is 12.7. The van der Waals surface area contributed by atoms with Crippen molar-refractivity contribution in [2.75, 3.05) is 49.7 Å². The van der Waals surface area contributed by atoms with Crippen molar-refractivity contribution in [2.45, 2.75) is 12.7 Å². The molecule has 11 heteroatoms. The lowest BCUT2D eigenvalue weighted by atomic mass is 10.2. The van der Waals surface area contributed by atoms with Crippen LogP contribution in [0.15, 0.2) is 31.0 Å². The molecular weight excluding hydrogens is 387 g/mol. The van der Waals surface area contributed by atoms with E-state index in [0.29, 0.717) is 45.1 Å². The molecule has 0 spiro atoms. The van der Waals surface area contributed by atoms with E-state index in [4.69, 9.17) is 4.74 Å². The fourth-order valence-corrected chi connectivity index (χ4v) is 3.34. The number of imidazole rings is 1. The van der Waals surface area contributed by atoms with Gasteiger partial charge in [-0.15, -0.1) is 0 Å². The van der Waals surface area contributed by atoms with E-state index in [-0.39, 0.29) is 0 Å². The van der Waals surface area contributed by atoms with Gasteiger partial charge in [-0.1, -0.05) is 0 Å². The first kappa shape index (κ1) is 19.4. The molecule has 4 rings (SSSR count). The van der Waals surface area contributed by atoms with Crippen LogP contribution in [0.4, 0.5) is 24.8 Å². The Morgan fingerprint density at radius 1 is 1.00 bits per heavy atom. The quantitative estimate of drug-likeness (QED) is 0.642. The molecule has 0 atom stereocenters. The molecule has 0 unspecified atom stereocenters. The van der Waals surface area contributed by atoms with Crippen LogP contribution in [-0.4, -0.2) is 64.4 Å². The van der Waals surface area contributed by atoms with Crippen molar-refractivity contribution in [3.63, 3.8) is 0 Å². The van der Waals surface area contributed by atoms with Crippen LogP contribution in [0.5, 0.6) is 0 Å². The number of anilines is 2. The second-order valence-corrected chi connectivity index (χ2v) is 6.68. The Morgan fingerprint density at radius 2 is 1.76 bits per heavy atom. The zero-order valence-corrected chi connectivity index (χ0v) is 15.8. The highest BCUT2D eigenvalue weighted by molar-refractivity contribution is 5.83. The molecule has 29 heavy (non-hydrogen) atoms. The third kappa shape index (κ3) is 3.95. The van der Waals surface area contributed by atoms with Gasteiger partial charge in [0.2, 0.25) is 0 Å². The van der Waals surface area contributed by atoms with Crippen molar-refractivity contribution in [3.05, 3.63) is 36.5 Å². The minimum Gasteiger partial charge on any atom is -0.383 e. The van der Waals surface area contributed by atoms with Crippen LogP contribution in [0.2, 0.25) is 0 Å². The normalized spacial score (nSPS) is 15.3. The van der Waals surface area contributed by atoms with Crippen molar-refractivity contribution in [2.24, 2.45) is 0 Å². The zero-order valence-electron chi connectivity index (χ0n) is 15.8. The van der Waals surface area contributed by atoms with Gasteiger partial charge >= 0.3 is 6.18 Å². The Hall–Kier alpha value is -2.95. The van der Waals surface area contributed by atoms with Gasteiger partial charge in [0.1, 0.15) is 12.1 Å². The number of alkyl halides is 3. The number of nitrogens with zero attached hydrogens (tertiary/aromatic N) is 7. The lowest BCUT2D eigenvalue weighted by molar-refractivity contribution is -0.137. The number of fused-ring (bicyclic) bond motifs is 1. The third-order valence-corrected chi connectivity index (χ3v) is 4.90. The molecule has 0 bridgehead atoms. The lowest BCUT2D eigenvalue weighted by Gasteiger charge is -2.36. The molecule has 154 valence electrons. The molecule has 0 radical (unpaired) electrons. The SMILES string of the molecule is COCCn1cnc2c(N3CCN(c4ccc(C(F)(F)F)cn4)CC3)ncnc21. The minimum atomic E-state index is -4.38. The largest absolute Gasteiger partial charge is 0.417 e. The summed E-state index contributed by atoms with van der Waals surface area (Å²) < 4.78 is 45.2. The van der Waals surface area contributed by atoms with Crippen LogP contribution in [0.25, 0.3) is 11.2 Å². The maximum atomic E-state index is 12.7. The van der Waals surface area contributed by atoms with Crippen LogP contribution in [0, 0.1) is 0 Å². The van der Waals surface area contributed by atoms with Gasteiger partial charge in [-0.05, 0) is 12.1 Å². The van der Waals surface area contributed by atoms with Crippen molar-refractivity contribution >= 4 is 22.8 Å². The third-order valence-electron chi connectivity index (χ3n) is 4.90. The molecule has 0 aliphatic carbocycles. The average Bonchev–Trinajstić information content (AvgIpc) is 3.15. The van der Waals surface area contributed by atoms with E-state index in [1.54, 1.807) is 13.4 Å². The molecule has 8 nitrogen and oxygen atoms in total. The highest BCUT2D eigenvalue weighted by Crippen LogP contribution is 2.30. The maximum Gasteiger partial charge on any atom is 0.417 e. The van der Waals surface area contributed by atoms with Gasteiger partial charge in [-0.25, -0.2) is 19.9 Å². The molecule has 1 saturated heterocycles. The number of ether oxygens (including phenoxy) is 1. The Kier molecular flexibility index (Phi) is 5.22. The van der Waals surface area contributed by atoms with Crippen LogP contribution in [-0.2, 0) is 17.5 Å². The van der Waals surface area contributed by atoms with E-state index in [9.17, 15) is 13.2 Å². The molecule has 4 heterocycles. The first-order valence-corrected chi connectivity index (χ1v) is 9.15. The Labute approximate surface area is 165 Å². The van der Waals surface area contributed by atoms with Gasteiger partial charge in [-0.3, -0.25) is 0 Å². The number of hydrogen-bond acceptors (Lipinski definition) is 7. The highest BCUT2D eigenvalue weighted by Gasteiger charge is 2.31. The fraction of sp³-hybridized carbons (Fsp3) is 0.444. The molecular formula is C18H20F3N7O. The van der Waals surface area contributed by atoms with E-state index >= 15 is 0 Å². The van der Waals surface area contributed by atoms with Crippen LogP contribution in [0.3, 0.4) is 0 Å². The lowest BCUT2D eigenvalue weighted by Crippen LogP contribution is -2.47. The molecule has 3 aromatic rings. The first-order chi connectivity index (χ1) is 14.0. The monoisotopic (exact) mass is 407 g/mol. The summed E-state index contributed by atoms with van der Waals surface area (Å²) in [6.45, 7) is 3.75. The van der Waals surface area contributed by atoms with Gasteiger partial charge < -0.3 is 19.1 Å². The van der Waals surface area contributed by atoms with Crippen molar-refractivity contribution in [1.29, 1.82) is 0 Å². The minimum absolute atomic E-state index is 0.536. The second kappa shape index (κ2) is 7.82. The predicted molar refractivity (Wildman–Crippen MR) is 101 cm³/mol. The van der Waals surface area contributed by atoms with Gasteiger partial charge in [0.25, 0.3) is 0 Å². The molecule has 1 fully saturated rings. The standard InChI is InChI=1S/C18H20F3N7O/c1-29-9-8-28-12-25-15-16(23-11-24-17(15)28)27-6-4-26(5-7-27)14-3-2-13(10-22-14)18(19,20)21/h2-3,10-12H,4-9H2,1H3. The Bertz CT molecular complexity index is 966. The summed E-state index contributed by atoms with van der Waals surface area (Å²) in [6.07, 6.45) is -0.256. The number of pyridine rings is 1. The van der Waals surface area contributed by atoms with Crippen LogP contribution < -0.4 is 9.80 Å². The van der Waals surface area contributed by atoms with E-state index in [1.165, 1.54) is 12.4 Å². The highest BCUT2D eigenvalue weighted by atomic mass is 19.4. The summed E-state index contributed by atoms with van der Waals surface area (Å²) in [5.74, 6) is 1.29. The van der Waals surface area contributed by atoms with E-state index in [0.717, 1.165) is 29.2 Å². The Morgan fingerprint density at radius 3 is 2.41 bits per heavy atom. The van der Waals surface area contributed by atoms with Crippen LogP contribution in [0.1, 0.15) is 5.56 Å². The summed E-state index contributed by atoms with van der Waals surface area (Å²) in [5, 5.41) is 0. The molecule has 3 aromatic heterocycles. The summed E-state index contributed by atoms with van der Waals surface area (Å²) in [7, 11) is 1.64. The number of piperazine rings is 1. The Balaban J connectivity index is 1.46. The van der Waals surface area contributed by atoms with E-state index < -0.39 is 11.7 Å². The van der Waals surface area contributed by atoms with Gasteiger partial charge in [0.15, 0.2) is 17.0 Å². The molecule has 1 aliphatic heterocycles. The topological polar surface area (TPSA) is 72.2 Å². The molecule has 0 aromatic carbocycles. The van der Waals surface area contributed by atoms with Gasteiger partial charge in [0.05, 0.1) is 18.5 Å². The van der Waals surface area contributed by atoms with Crippen molar-refractivity contribution < 1.29 is 17.9 Å². The summed E-state index contributed by atoms with van der Waals surface area (Å²) in [4.78, 5) is 21.3. The van der Waals surface area contributed by atoms with E-state index in [2.05, 4.69) is 24.8 Å².